The maximum Gasteiger partial charge on any atom is 0.224 e. The average Bonchev–Trinajstić information content (AvgIpc) is 2.24. The van der Waals surface area contributed by atoms with Gasteiger partial charge in [0.25, 0.3) is 0 Å². The Hall–Kier alpha value is -0.610. The highest BCUT2D eigenvalue weighted by molar-refractivity contribution is 5.79. The van der Waals surface area contributed by atoms with E-state index in [1.54, 1.807) is 0 Å². The third-order valence-electron chi connectivity index (χ3n) is 2.98. The van der Waals surface area contributed by atoms with Crippen LogP contribution in [-0.2, 0) is 4.79 Å². The molecule has 0 saturated heterocycles. The highest BCUT2D eigenvalue weighted by Gasteiger charge is 2.22. The first-order chi connectivity index (χ1) is 7.92. The first-order valence-corrected chi connectivity index (χ1v) is 6.53. The summed E-state index contributed by atoms with van der Waals surface area (Å²) in [5, 5.41) is 12.0. The molecule has 2 atom stereocenters. The van der Waals surface area contributed by atoms with Crippen LogP contribution in [0.1, 0.15) is 40.5 Å². The van der Waals surface area contributed by atoms with Gasteiger partial charge in [0.1, 0.15) is 0 Å². The molecule has 102 valence electrons. The zero-order valence-electron chi connectivity index (χ0n) is 11.6. The second-order valence-corrected chi connectivity index (χ2v) is 5.43. The molecule has 0 saturated carbocycles. The molecular weight excluding hydrogens is 216 g/mol. The van der Waals surface area contributed by atoms with E-state index in [2.05, 4.69) is 19.2 Å². The lowest BCUT2D eigenvalue weighted by Crippen LogP contribution is -2.44. The number of aliphatic hydroxyl groups excluding tert-OH is 1. The predicted octanol–water partition coefficient (Wildman–Crippen LogP) is 1.13. The van der Waals surface area contributed by atoms with Crippen LogP contribution in [0.4, 0.5) is 0 Å². The monoisotopic (exact) mass is 244 g/mol. The van der Waals surface area contributed by atoms with Crippen molar-refractivity contribution < 1.29 is 9.90 Å². The Labute approximate surface area is 105 Å². The number of nitrogens with two attached hydrogens (primary N) is 1. The van der Waals surface area contributed by atoms with E-state index in [4.69, 9.17) is 10.8 Å². The topological polar surface area (TPSA) is 75.4 Å². The standard InChI is InChI=1S/C13H28N2O2/c1-9(2)7-11(8-14)13(17)15-12(5-6-16)10(3)4/h9-12,16H,5-8,14H2,1-4H3,(H,15,17). The van der Waals surface area contributed by atoms with Crippen molar-refractivity contribution in [1.29, 1.82) is 0 Å². The van der Waals surface area contributed by atoms with Crippen molar-refractivity contribution in [3.63, 3.8) is 0 Å². The number of nitrogens with one attached hydrogen (secondary N) is 1. The van der Waals surface area contributed by atoms with Crippen LogP contribution in [0.5, 0.6) is 0 Å². The summed E-state index contributed by atoms with van der Waals surface area (Å²) >= 11 is 0. The van der Waals surface area contributed by atoms with Gasteiger partial charge in [0, 0.05) is 19.2 Å². The fourth-order valence-electron chi connectivity index (χ4n) is 1.89. The molecule has 0 aromatic carbocycles. The van der Waals surface area contributed by atoms with E-state index in [0.717, 1.165) is 6.42 Å². The fraction of sp³-hybridized carbons (Fsp3) is 0.923. The van der Waals surface area contributed by atoms with Crippen molar-refractivity contribution in [2.75, 3.05) is 13.2 Å². The number of hydrogen-bond donors (Lipinski definition) is 3. The lowest BCUT2D eigenvalue weighted by atomic mass is 9.94. The quantitative estimate of drug-likeness (QED) is 0.599. The lowest BCUT2D eigenvalue weighted by molar-refractivity contribution is -0.126. The van der Waals surface area contributed by atoms with Crippen LogP contribution in [-0.4, -0.2) is 30.2 Å². The van der Waals surface area contributed by atoms with Crippen molar-refractivity contribution >= 4 is 5.91 Å². The van der Waals surface area contributed by atoms with Gasteiger partial charge in [-0.1, -0.05) is 27.7 Å². The molecule has 0 aliphatic rings. The molecule has 17 heavy (non-hydrogen) atoms. The van der Waals surface area contributed by atoms with Crippen molar-refractivity contribution in [3.05, 3.63) is 0 Å². The maximum atomic E-state index is 12.0. The summed E-state index contributed by atoms with van der Waals surface area (Å²) in [6.07, 6.45) is 1.41. The first-order valence-electron chi connectivity index (χ1n) is 6.53. The van der Waals surface area contributed by atoms with Gasteiger partial charge in [-0.3, -0.25) is 4.79 Å². The van der Waals surface area contributed by atoms with E-state index in [9.17, 15) is 4.79 Å². The number of carbonyl (C=O) groups excluding carboxylic acids is 1. The third-order valence-corrected chi connectivity index (χ3v) is 2.98. The minimum absolute atomic E-state index is 0.0216. The predicted molar refractivity (Wildman–Crippen MR) is 70.5 cm³/mol. The average molecular weight is 244 g/mol. The molecule has 4 nitrogen and oxygen atoms in total. The van der Waals surface area contributed by atoms with Crippen LogP contribution in [0.15, 0.2) is 0 Å². The minimum atomic E-state index is -0.116. The number of amides is 1. The summed E-state index contributed by atoms with van der Waals surface area (Å²) in [6, 6.07) is 0.0358. The van der Waals surface area contributed by atoms with Crippen LogP contribution in [0.2, 0.25) is 0 Å². The van der Waals surface area contributed by atoms with E-state index < -0.39 is 0 Å². The highest BCUT2D eigenvalue weighted by Crippen LogP contribution is 2.13. The molecule has 1 amide bonds. The van der Waals surface area contributed by atoms with Gasteiger partial charge in [-0.15, -0.1) is 0 Å². The van der Waals surface area contributed by atoms with Gasteiger partial charge in [0.15, 0.2) is 0 Å². The van der Waals surface area contributed by atoms with Gasteiger partial charge in [-0.05, 0) is 24.7 Å². The molecule has 0 aliphatic carbocycles. The zero-order valence-corrected chi connectivity index (χ0v) is 11.6. The normalized spacial score (nSPS) is 15.1. The van der Waals surface area contributed by atoms with Gasteiger partial charge >= 0.3 is 0 Å². The van der Waals surface area contributed by atoms with E-state index in [1.165, 1.54) is 0 Å². The maximum absolute atomic E-state index is 12.0. The third kappa shape index (κ3) is 6.64. The molecular formula is C13H28N2O2. The Bertz CT molecular complexity index is 217. The molecule has 0 heterocycles. The smallest absolute Gasteiger partial charge is 0.224 e. The molecule has 0 aliphatic heterocycles. The fourth-order valence-corrected chi connectivity index (χ4v) is 1.89. The van der Waals surface area contributed by atoms with Gasteiger partial charge in [0.2, 0.25) is 5.91 Å². The Morgan fingerprint density at radius 3 is 2.24 bits per heavy atom. The Balaban J connectivity index is 4.35. The van der Waals surface area contributed by atoms with Gasteiger partial charge < -0.3 is 16.2 Å². The molecule has 0 rings (SSSR count). The molecule has 0 radical (unpaired) electrons. The Morgan fingerprint density at radius 1 is 1.29 bits per heavy atom. The van der Waals surface area contributed by atoms with Crippen molar-refractivity contribution in [2.24, 2.45) is 23.5 Å². The van der Waals surface area contributed by atoms with E-state index >= 15 is 0 Å². The van der Waals surface area contributed by atoms with Crippen molar-refractivity contribution in [2.45, 2.75) is 46.6 Å². The van der Waals surface area contributed by atoms with Crippen LogP contribution in [0, 0.1) is 17.8 Å². The Morgan fingerprint density at radius 2 is 1.88 bits per heavy atom. The van der Waals surface area contributed by atoms with Gasteiger partial charge in [0.05, 0.1) is 5.92 Å². The molecule has 2 unspecified atom stereocenters. The molecule has 0 bridgehead atoms. The largest absolute Gasteiger partial charge is 0.396 e. The van der Waals surface area contributed by atoms with E-state index in [0.29, 0.717) is 24.8 Å². The van der Waals surface area contributed by atoms with E-state index in [-0.39, 0.29) is 24.5 Å². The molecule has 0 aromatic heterocycles. The molecule has 4 N–H and O–H groups in total. The SMILES string of the molecule is CC(C)CC(CN)C(=O)NC(CCO)C(C)C. The van der Waals surface area contributed by atoms with E-state index in [1.807, 2.05) is 13.8 Å². The summed E-state index contributed by atoms with van der Waals surface area (Å²) in [6.45, 7) is 8.74. The molecule has 0 aromatic rings. The van der Waals surface area contributed by atoms with Gasteiger partial charge in [-0.25, -0.2) is 0 Å². The Kier molecular flexibility index (Phi) is 8.17. The van der Waals surface area contributed by atoms with Crippen molar-refractivity contribution in [3.8, 4) is 0 Å². The number of rotatable bonds is 8. The molecule has 4 heteroatoms. The summed E-state index contributed by atoms with van der Waals surface area (Å²) in [4.78, 5) is 12.0. The summed E-state index contributed by atoms with van der Waals surface area (Å²) < 4.78 is 0. The van der Waals surface area contributed by atoms with Crippen LogP contribution >= 0.6 is 0 Å². The highest BCUT2D eigenvalue weighted by atomic mass is 16.3. The first kappa shape index (κ1) is 16.4. The summed E-state index contributed by atoms with van der Waals surface area (Å²) in [5.41, 5.74) is 5.64. The molecule has 0 spiro atoms. The number of hydrogen-bond acceptors (Lipinski definition) is 3. The van der Waals surface area contributed by atoms with Crippen LogP contribution < -0.4 is 11.1 Å². The summed E-state index contributed by atoms with van der Waals surface area (Å²) in [7, 11) is 0. The van der Waals surface area contributed by atoms with Crippen molar-refractivity contribution in [1.82, 2.24) is 5.32 Å². The van der Waals surface area contributed by atoms with Crippen LogP contribution in [0.25, 0.3) is 0 Å². The number of carbonyl (C=O) groups is 1. The summed E-state index contributed by atoms with van der Waals surface area (Å²) in [5.74, 6) is 0.691. The van der Waals surface area contributed by atoms with Crippen LogP contribution in [0.3, 0.4) is 0 Å². The second-order valence-electron chi connectivity index (χ2n) is 5.43. The minimum Gasteiger partial charge on any atom is -0.396 e. The van der Waals surface area contributed by atoms with Gasteiger partial charge in [-0.2, -0.15) is 0 Å². The lowest BCUT2D eigenvalue weighted by Gasteiger charge is -2.25. The molecule has 0 fully saturated rings. The second kappa shape index (κ2) is 8.48. The number of aliphatic hydroxyl groups is 1. The zero-order chi connectivity index (χ0) is 13.4.